The van der Waals surface area contributed by atoms with Gasteiger partial charge < -0.3 is 15.0 Å². The van der Waals surface area contributed by atoms with Crippen molar-refractivity contribution in [3.8, 4) is 0 Å². The second kappa shape index (κ2) is 8.26. The van der Waals surface area contributed by atoms with Crippen molar-refractivity contribution < 1.29 is 4.74 Å². The van der Waals surface area contributed by atoms with Gasteiger partial charge in [-0.25, -0.2) is 4.98 Å². The quantitative estimate of drug-likeness (QED) is 0.798. The van der Waals surface area contributed by atoms with E-state index in [0.717, 1.165) is 36.3 Å². The van der Waals surface area contributed by atoms with Crippen LogP contribution in [0, 0.1) is 0 Å². The smallest absolute Gasteiger partial charge is 0.224 e. The average Bonchev–Trinajstić information content (AvgIpc) is 2.39. The minimum Gasteiger partial charge on any atom is -0.383 e. The Balaban J connectivity index is 2.83. The minimum atomic E-state index is 0.672. The van der Waals surface area contributed by atoms with E-state index < -0.39 is 0 Å². The van der Waals surface area contributed by atoms with Crippen molar-refractivity contribution in [2.45, 2.75) is 20.3 Å². The molecular weight excluding hydrogens is 296 g/mol. The summed E-state index contributed by atoms with van der Waals surface area (Å²) in [5, 5.41) is 3.20. The molecule has 0 amide bonds. The van der Waals surface area contributed by atoms with E-state index in [1.165, 1.54) is 0 Å². The number of nitrogens with one attached hydrogen (secondary N) is 1. The van der Waals surface area contributed by atoms with Crippen LogP contribution in [0.1, 0.15) is 20.3 Å². The molecule has 0 aliphatic rings. The molecule has 0 aliphatic carbocycles. The van der Waals surface area contributed by atoms with E-state index in [4.69, 9.17) is 4.74 Å². The van der Waals surface area contributed by atoms with Crippen LogP contribution in [0.4, 0.5) is 11.8 Å². The summed E-state index contributed by atoms with van der Waals surface area (Å²) in [6.45, 7) is 7.47. The Kier molecular flexibility index (Phi) is 6.97. The highest BCUT2D eigenvalue weighted by atomic mass is 79.9. The molecule has 0 aliphatic heterocycles. The molecule has 0 aromatic carbocycles. The first-order valence-electron chi connectivity index (χ1n) is 6.23. The van der Waals surface area contributed by atoms with Crippen LogP contribution in [0.2, 0.25) is 0 Å². The van der Waals surface area contributed by atoms with Gasteiger partial charge in [0, 0.05) is 32.9 Å². The predicted octanol–water partition coefficient (Wildman–Crippen LogP) is 2.53. The minimum absolute atomic E-state index is 0.672. The van der Waals surface area contributed by atoms with Crippen molar-refractivity contribution in [3.63, 3.8) is 0 Å². The Labute approximate surface area is 117 Å². The molecule has 1 aromatic rings. The number of hydrogen-bond acceptors (Lipinski definition) is 5. The third-order valence-electron chi connectivity index (χ3n) is 2.51. The SMILES string of the molecule is CCCNc1ncc(Br)c(N(CC)CCOC)n1. The van der Waals surface area contributed by atoms with Gasteiger partial charge in [0.1, 0.15) is 5.82 Å². The third-order valence-corrected chi connectivity index (χ3v) is 3.06. The molecule has 18 heavy (non-hydrogen) atoms. The lowest BCUT2D eigenvalue weighted by Gasteiger charge is -2.22. The average molecular weight is 317 g/mol. The lowest BCUT2D eigenvalue weighted by Crippen LogP contribution is -2.28. The molecule has 0 fully saturated rings. The van der Waals surface area contributed by atoms with E-state index in [-0.39, 0.29) is 0 Å². The predicted molar refractivity (Wildman–Crippen MR) is 78.3 cm³/mol. The van der Waals surface area contributed by atoms with Crippen LogP contribution >= 0.6 is 15.9 Å². The number of halogens is 1. The largest absolute Gasteiger partial charge is 0.383 e. The van der Waals surface area contributed by atoms with E-state index in [1.807, 2.05) is 0 Å². The Hall–Kier alpha value is -0.880. The highest BCUT2D eigenvalue weighted by Crippen LogP contribution is 2.24. The lowest BCUT2D eigenvalue weighted by molar-refractivity contribution is 0.205. The lowest BCUT2D eigenvalue weighted by atomic mass is 10.4. The molecule has 1 N–H and O–H groups in total. The molecule has 0 spiro atoms. The van der Waals surface area contributed by atoms with Crippen molar-refractivity contribution in [1.29, 1.82) is 0 Å². The highest BCUT2D eigenvalue weighted by Gasteiger charge is 2.11. The summed E-state index contributed by atoms with van der Waals surface area (Å²) < 4.78 is 6.02. The van der Waals surface area contributed by atoms with Crippen LogP contribution in [0.15, 0.2) is 10.7 Å². The first-order chi connectivity index (χ1) is 8.72. The number of aromatic nitrogens is 2. The monoisotopic (exact) mass is 316 g/mol. The Morgan fingerprint density at radius 1 is 1.44 bits per heavy atom. The van der Waals surface area contributed by atoms with E-state index in [0.29, 0.717) is 12.6 Å². The van der Waals surface area contributed by atoms with Gasteiger partial charge in [0.2, 0.25) is 5.95 Å². The molecule has 1 heterocycles. The Morgan fingerprint density at radius 3 is 2.83 bits per heavy atom. The van der Waals surface area contributed by atoms with Gasteiger partial charge in [-0.05, 0) is 29.3 Å². The fourth-order valence-corrected chi connectivity index (χ4v) is 1.96. The maximum Gasteiger partial charge on any atom is 0.224 e. The zero-order valence-corrected chi connectivity index (χ0v) is 12.8. The molecule has 0 bridgehead atoms. The van der Waals surface area contributed by atoms with Gasteiger partial charge in [-0.3, -0.25) is 0 Å². The zero-order chi connectivity index (χ0) is 13.4. The number of likely N-dealkylation sites (N-methyl/N-ethyl adjacent to an activating group) is 1. The summed E-state index contributed by atoms with van der Waals surface area (Å²) in [4.78, 5) is 10.9. The van der Waals surface area contributed by atoms with Crippen LogP contribution in [0.5, 0.6) is 0 Å². The maximum absolute atomic E-state index is 5.11. The van der Waals surface area contributed by atoms with Crippen LogP contribution in [-0.2, 0) is 4.74 Å². The summed E-state index contributed by atoms with van der Waals surface area (Å²) in [6.07, 6.45) is 2.84. The number of ether oxygens (including phenoxy) is 1. The molecule has 1 aromatic heterocycles. The van der Waals surface area contributed by atoms with Gasteiger partial charge in [-0.15, -0.1) is 0 Å². The van der Waals surface area contributed by atoms with Gasteiger partial charge in [0.05, 0.1) is 11.1 Å². The standard InChI is InChI=1S/C12H21BrN4O/c1-4-6-14-12-15-9-10(13)11(16-12)17(5-2)7-8-18-3/h9H,4-8H2,1-3H3,(H,14,15,16). The van der Waals surface area contributed by atoms with Crippen LogP contribution < -0.4 is 10.2 Å². The normalized spacial score (nSPS) is 10.4. The van der Waals surface area contributed by atoms with Gasteiger partial charge in [-0.2, -0.15) is 4.98 Å². The molecular formula is C12H21BrN4O. The number of rotatable bonds is 8. The molecule has 0 atom stereocenters. The summed E-state index contributed by atoms with van der Waals surface area (Å²) in [5.74, 6) is 1.58. The summed E-state index contributed by atoms with van der Waals surface area (Å²) in [7, 11) is 1.71. The number of anilines is 2. The van der Waals surface area contributed by atoms with Crippen LogP contribution in [0.25, 0.3) is 0 Å². The second-order valence-electron chi connectivity index (χ2n) is 3.86. The molecule has 5 nitrogen and oxygen atoms in total. The van der Waals surface area contributed by atoms with E-state index >= 15 is 0 Å². The van der Waals surface area contributed by atoms with Crippen LogP contribution in [-0.4, -0.2) is 43.3 Å². The molecule has 0 unspecified atom stereocenters. The first-order valence-corrected chi connectivity index (χ1v) is 7.02. The van der Waals surface area contributed by atoms with Crippen molar-refractivity contribution in [3.05, 3.63) is 10.7 Å². The van der Waals surface area contributed by atoms with Crippen molar-refractivity contribution in [2.24, 2.45) is 0 Å². The molecule has 102 valence electrons. The summed E-state index contributed by atoms with van der Waals surface area (Å²) in [6, 6.07) is 0. The molecule has 0 radical (unpaired) electrons. The Bertz CT molecular complexity index is 362. The van der Waals surface area contributed by atoms with Crippen LogP contribution in [0.3, 0.4) is 0 Å². The number of nitrogens with zero attached hydrogens (tertiary/aromatic N) is 3. The molecule has 0 saturated heterocycles. The third kappa shape index (κ3) is 4.42. The highest BCUT2D eigenvalue weighted by molar-refractivity contribution is 9.10. The number of methoxy groups -OCH3 is 1. The second-order valence-corrected chi connectivity index (χ2v) is 4.72. The first kappa shape index (κ1) is 15.2. The molecule has 6 heteroatoms. The fourth-order valence-electron chi connectivity index (χ4n) is 1.52. The molecule has 0 saturated carbocycles. The fraction of sp³-hybridized carbons (Fsp3) is 0.667. The zero-order valence-electron chi connectivity index (χ0n) is 11.2. The van der Waals surface area contributed by atoms with E-state index in [2.05, 4.69) is 50.0 Å². The van der Waals surface area contributed by atoms with Crippen molar-refractivity contribution in [1.82, 2.24) is 9.97 Å². The van der Waals surface area contributed by atoms with Gasteiger partial charge in [-0.1, -0.05) is 6.92 Å². The number of hydrogen-bond donors (Lipinski definition) is 1. The summed E-state index contributed by atoms with van der Waals surface area (Å²) >= 11 is 3.50. The van der Waals surface area contributed by atoms with Crippen molar-refractivity contribution >= 4 is 27.7 Å². The van der Waals surface area contributed by atoms with Gasteiger partial charge >= 0.3 is 0 Å². The van der Waals surface area contributed by atoms with E-state index in [9.17, 15) is 0 Å². The molecule has 1 rings (SSSR count). The van der Waals surface area contributed by atoms with Crippen molar-refractivity contribution in [2.75, 3.05) is 43.6 Å². The van der Waals surface area contributed by atoms with Gasteiger partial charge in [0.25, 0.3) is 0 Å². The van der Waals surface area contributed by atoms with Gasteiger partial charge in [0.15, 0.2) is 0 Å². The Morgan fingerprint density at radius 2 is 2.22 bits per heavy atom. The van der Waals surface area contributed by atoms with E-state index in [1.54, 1.807) is 13.3 Å². The maximum atomic E-state index is 5.11. The topological polar surface area (TPSA) is 50.3 Å². The summed E-state index contributed by atoms with van der Waals surface area (Å²) in [5.41, 5.74) is 0.